The number of nitrogens with zero attached hydrogens (tertiary/aromatic N) is 3. The molecule has 1 N–H and O–H groups in total. The molecule has 0 unspecified atom stereocenters. The van der Waals surface area contributed by atoms with E-state index in [4.69, 9.17) is 19.2 Å². The average molecular weight is 362 g/mol. The van der Waals surface area contributed by atoms with Crippen molar-refractivity contribution in [2.24, 2.45) is 4.99 Å². The zero-order valence-electron chi connectivity index (χ0n) is 15.9. The molecule has 0 spiro atoms. The number of benzene rings is 1. The Morgan fingerprint density at radius 1 is 1.19 bits per heavy atom. The van der Waals surface area contributed by atoms with Gasteiger partial charge in [0.1, 0.15) is 0 Å². The first kappa shape index (κ1) is 18.8. The smallest absolute Gasteiger partial charge is 0.231 e. The van der Waals surface area contributed by atoms with Crippen LogP contribution in [0.5, 0.6) is 11.5 Å². The predicted octanol–water partition coefficient (Wildman–Crippen LogP) is 1.53. The highest BCUT2D eigenvalue weighted by molar-refractivity contribution is 5.80. The first-order valence-electron chi connectivity index (χ1n) is 9.43. The summed E-state index contributed by atoms with van der Waals surface area (Å²) in [5.41, 5.74) is 1.27. The fraction of sp³-hybridized carbons (Fsp3) is 0.632. The molecule has 1 fully saturated rings. The lowest BCUT2D eigenvalue weighted by atomic mass is 10.1. The number of piperazine rings is 1. The monoisotopic (exact) mass is 362 g/mol. The Kier molecular flexibility index (Phi) is 6.96. The summed E-state index contributed by atoms with van der Waals surface area (Å²) in [5, 5.41) is 3.41. The number of hydrogen-bond acceptors (Lipinski definition) is 5. The van der Waals surface area contributed by atoms with E-state index in [1.165, 1.54) is 5.56 Å². The van der Waals surface area contributed by atoms with Gasteiger partial charge in [-0.25, -0.2) is 0 Å². The van der Waals surface area contributed by atoms with Crippen molar-refractivity contribution in [2.45, 2.75) is 19.9 Å². The minimum absolute atomic E-state index is 0.328. The van der Waals surface area contributed by atoms with Crippen LogP contribution in [-0.4, -0.2) is 75.5 Å². The topological polar surface area (TPSA) is 58.6 Å². The van der Waals surface area contributed by atoms with Gasteiger partial charge in [-0.15, -0.1) is 0 Å². The Morgan fingerprint density at radius 2 is 2.00 bits per heavy atom. The maximum absolute atomic E-state index is 5.48. The third-order valence-corrected chi connectivity index (χ3v) is 4.62. The van der Waals surface area contributed by atoms with Crippen molar-refractivity contribution in [3.05, 3.63) is 23.8 Å². The predicted molar refractivity (Wildman–Crippen MR) is 102 cm³/mol. The van der Waals surface area contributed by atoms with Crippen LogP contribution >= 0.6 is 0 Å². The van der Waals surface area contributed by atoms with E-state index in [1.54, 1.807) is 7.11 Å². The number of guanidine groups is 1. The van der Waals surface area contributed by atoms with E-state index in [9.17, 15) is 0 Å². The lowest BCUT2D eigenvalue weighted by Crippen LogP contribution is -2.52. The van der Waals surface area contributed by atoms with E-state index < -0.39 is 0 Å². The SMILES string of the molecule is CCNC(=NCCCOC)N1CCN(Cc2ccc3c(c2)OCO3)CC1. The highest BCUT2D eigenvalue weighted by atomic mass is 16.7. The van der Waals surface area contributed by atoms with E-state index in [0.717, 1.165) is 76.3 Å². The van der Waals surface area contributed by atoms with Gasteiger partial charge in [0.25, 0.3) is 0 Å². The molecule has 0 aromatic heterocycles. The fourth-order valence-corrected chi connectivity index (χ4v) is 3.23. The van der Waals surface area contributed by atoms with Crippen LogP contribution in [0.15, 0.2) is 23.2 Å². The van der Waals surface area contributed by atoms with Gasteiger partial charge in [-0.1, -0.05) is 6.07 Å². The number of fused-ring (bicyclic) bond motifs is 1. The fourth-order valence-electron chi connectivity index (χ4n) is 3.23. The van der Waals surface area contributed by atoms with Gasteiger partial charge in [-0.3, -0.25) is 9.89 Å². The Balaban J connectivity index is 1.49. The van der Waals surface area contributed by atoms with Gasteiger partial charge in [-0.05, 0) is 31.0 Å². The molecule has 2 heterocycles. The minimum atomic E-state index is 0.328. The molecule has 144 valence electrons. The second-order valence-electron chi connectivity index (χ2n) is 6.53. The summed E-state index contributed by atoms with van der Waals surface area (Å²) >= 11 is 0. The molecule has 2 aliphatic rings. The molecule has 7 nitrogen and oxygen atoms in total. The molecule has 2 aliphatic heterocycles. The van der Waals surface area contributed by atoms with Crippen LogP contribution in [0.25, 0.3) is 0 Å². The third-order valence-electron chi connectivity index (χ3n) is 4.62. The normalized spacial score (nSPS) is 17.6. The lowest BCUT2D eigenvalue weighted by Gasteiger charge is -2.36. The second kappa shape index (κ2) is 9.64. The molecule has 0 saturated carbocycles. The quantitative estimate of drug-likeness (QED) is 0.451. The van der Waals surface area contributed by atoms with Crippen molar-refractivity contribution in [3.63, 3.8) is 0 Å². The first-order chi connectivity index (χ1) is 12.8. The summed E-state index contributed by atoms with van der Waals surface area (Å²) < 4.78 is 16.0. The standard InChI is InChI=1S/C19H30N4O3/c1-3-20-19(21-7-4-12-24-2)23-10-8-22(9-11-23)14-16-5-6-17-18(13-16)26-15-25-17/h5-6,13H,3-4,7-12,14-15H2,1-2H3,(H,20,21). The lowest BCUT2D eigenvalue weighted by molar-refractivity contribution is 0.170. The summed E-state index contributed by atoms with van der Waals surface area (Å²) in [4.78, 5) is 9.55. The molecule has 26 heavy (non-hydrogen) atoms. The van der Waals surface area contributed by atoms with Gasteiger partial charge >= 0.3 is 0 Å². The Labute approximate surface area is 155 Å². The van der Waals surface area contributed by atoms with Gasteiger partial charge in [-0.2, -0.15) is 0 Å². The molecule has 7 heteroatoms. The van der Waals surface area contributed by atoms with E-state index >= 15 is 0 Å². The van der Waals surface area contributed by atoms with Crippen molar-refractivity contribution in [1.82, 2.24) is 15.1 Å². The van der Waals surface area contributed by atoms with Crippen molar-refractivity contribution < 1.29 is 14.2 Å². The Bertz CT molecular complexity index is 600. The summed E-state index contributed by atoms with van der Waals surface area (Å²) in [6.07, 6.45) is 0.954. The molecule has 1 saturated heterocycles. The minimum Gasteiger partial charge on any atom is -0.454 e. The van der Waals surface area contributed by atoms with Crippen molar-refractivity contribution in [1.29, 1.82) is 0 Å². The highest BCUT2D eigenvalue weighted by Gasteiger charge is 2.20. The molecule has 0 amide bonds. The number of methoxy groups -OCH3 is 1. The van der Waals surface area contributed by atoms with E-state index in [-0.39, 0.29) is 0 Å². The molecule has 3 rings (SSSR count). The van der Waals surface area contributed by atoms with Crippen LogP contribution in [-0.2, 0) is 11.3 Å². The number of rotatable bonds is 7. The molecule has 1 aromatic carbocycles. The summed E-state index contributed by atoms with van der Waals surface area (Å²) in [6.45, 7) is 9.84. The van der Waals surface area contributed by atoms with Crippen LogP contribution < -0.4 is 14.8 Å². The molecular weight excluding hydrogens is 332 g/mol. The van der Waals surface area contributed by atoms with Crippen LogP contribution in [0.3, 0.4) is 0 Å². The van der Waals surface area contributed by atoms with E-state index in [1.807, 2.05) is 6.07 Å². The third kappa shape index (κ3) is 5.02. The van der Waals surface area contributed by atoms with Crippen molar-refractivity contribution in [2.75, 3.05) is 59.8 Å². The van der Waals surface area contributed by atoms with Crippen molar-refractivity contribution in [3.8, 4) is 11.5 Å². The molecule has 0 aliphatic carbocycles. The van der Waals surface area contributed by atoms with Gasteiger partial charge in [0.15, 0.2) is 17.5 Å². The maximum atomic E-state index is 5.48. The molecule has 0 radical (unpaired) electrons. The van der Waals surface area contributed by atoms with Crippen molar-refractivity contribution >= 4 is 5.96 Å². The molecule has 1 aromatic rings. The Morgan fingerprint density at radius 3 is 2.77 bits per heavy atom. The Hall–Kier alpha value is -1.99. The zero-order valence-corrected chi connectivity index (χ0v) is 15.9. The van der Waals surface area contributed by atoms with Gasteiger partial charge in [0, 0.05) is 59.5 Å². The van der Waals surface area contributed by atoms with Crippen LogP contribution in [0.2, 0.25) is 0 Å². The summed E-state index contributed by atoms with van der Waals surface area (Å²) in [7, 11) is 1.73. The van der Waals surface area contributed by atoms with Crippen LogP contribution in [0.1, 0.15) is 18.9 Å². The second-order valence-corrected chi connectivity index (χ2v) is 6.53. The average Bonchev–Trinajstić information content (AvgIpc) is 3.13. The number of nitrogens with one attached hydrogen (secondary N) is 1. The number of aliphatic imine (C=N–C) groups is 1. The van der Waals surface area contributed by atoms with Gasteiger partial charge in [0.05, 0.1) is 0 Å². The number of hydrogen-bond donors (Lipinski definition) is 1. The van der Waals surface area contributed by atoms with Crippen LogP contribution in [0, 0.1) is 0 Å². The number of ether oxygens (including phenoxy) is 3. The zero-order chi connectivity index (χ0) is 18.2. The van der Waals surface area contributed by atoms with E-state index in [0.29, 0.717) is 6.79 Å². The van der Waals surface area contributed by atoms with Gasteiger partial charge < -0.3 is 24.4 Å². The summed E-state index contributed by atoms with van der Waals surface area (Å²) in [5.74, 6) is 2.73. The highest BCUT2D eigenvalue weighted by Crippen LogP contribution is 2.32. The van der Waals surface area contributed by atoms with Gasteiger partial charge in [0.2, 0.25) is 6.79 Å². The van der Waals surface area contributed by atoms with Crippen LogP contribution in [0.4, 0.5) is 0 Å². The molecule has 0 bridgehead atoms. The maximum Gasteiger partial charge on any atom is 0.231 e. The first-order valence-corrected chi connectivity index (χ1v) is 9.43. The van der Waals surface area contributed by atoms with E-state index in [2.05, 4.69) is 34.2 Å². The largest absolute Gasteiger partial charge is 0.454 e. The molecular formula is C19H30N4O3. The summed E-state index contributed by atoms with van der Waals surface area (Å²) in [6, 6.07) is 6.22. The molecule has 0 atom stereocenters.